The molecule has 3 aromatic rings. The van der Waals surface area contributed by atoms with E-state index >= 15 is 0 Å². The van der Waals surface area contributed by atoms with Crippen LogP contribution in [0.1, 0.15) is 20.5 Å². The van der Waals surface area contributed by atoms with Crippen molar-refractivity contribution in [3.8, 4) is 0 Å². The Morgan fingerprint density at radius 2 is 1.97 bits per heavy atom. The molecule has 3 heterocycles. The van der Waals surface area contributed by atoms with Crippen LogP contribution in [0.25, 0.3) is 0 Å². The number of aryl methyl sites for hydroxylation is 1. The minimum Gasteiger partial charge on any atom is -0.359 e. The fraction of sp³-hybridized carbons (Fsp3) is 0.273. The highest BCUT2D eigenvalue weighted by Gasteiger charge is 2.39. The maximum absolute atomic E-state index is 13.8. The third-order valence-electron chi connectivity index (χ3n) is 5.94. The molecule has 33 heavy (non-hydrogen) atoms. The highest BCUT2D eigenvalue weighted by Crippen LogP contribution is 2.38. The lowest BCUT2D eigenvalue weighted by Gasteiger charge is -2.26. The second-order valence-electron chi connectivity index (χ2n) is 7.99. The van der Waals surface area contributed by atoms with E-state index in [1.807, 2.05) is 4.90 Å². The molecule has 2 aliphatic heterocycles. The molecular weight excluding hydrogens is 487 g/mol. The molecule has 7 nitrogen and oxygen atoms in total. The third-order valence-corrected chi connectivity index (χ3v) is 8.70. The smallest absolute Gasteiger partial charge is 0.263 e. The summed E-state index contributed by atoms with van der Waals surface area (Å²) < 4.78 is 41.5. The van der Waals surface area contributed by atoms with Crippen molar-refractivity contribution in [1.82, 2.24) is 4.98 Å². The molecule has 0 radical (unpaired) electrons. The van der Waals surface area contributed by atoms with E-state index in [1.165, 1.54) is 29.5 Å². The lowest BCUT2D eigenvalue weighted by atomic mass is 10.1. The zero-order valence-electron chi connectivity index (χ0n) is 17.6. The van der Waals surface area contributed by atoms with E-state index in [9.17, 15) is 17.6 Å². The summed E-state index contributed by atoms with van der Waals surface area (Å²) >= 11 is 7.34. The van der Waals surface area contributed by atoms with E-state index < -0.39 is 15.8 Å². The van der Waals surface area contributed by atoms with Crippen LogP contribution in [0.5, 0.6) is 0 Å². The predicted molar refractivity (Wildman–Crippen MR) is 132 cm³/mol. The van der Waals surface area contributed by atoms with Gasteiger partial charge >= 0.3 is 0 Å². The Hall–Kier alpha value is -2.69. The van der Waals surface area contributed by atoms with Crippen LogP contribution in [0, 0.1) is 12.7 Å². The van der Waals surface area contributed by atoms with Crippen molar-refractivity contribution in [2.24, 2.45) is 0 Å². The number of halogens is 2. The van der Waals surface area contributed by atoms with Crippen molar-refractivity contribution in [2.75, 3.05) is 27.6 Å². The van der Waals surface area contributed by atoms with Gasteiger partial charge in [0.25, 0.3) is 10.0 Å². The highest BCUT2D eigenvalue weighted by atomic mass is 35.5. The molecule has 1 fully saturated rings. The van der Waals surface area contributed by atoms with Gasteiger partial charge in [-0.15, -0.1) is 11.3 Å². The number of thiazole rings is 1. The standard InChI is InChI=1S/C22H20ClFN4O3S2.2H2/c1-13-12-32-22(25-13)26-33(30,31)15-4-2-14(3-5-15)27-11-9-19(21(27)29)28-10-8-16-18(28)7-6-17(24)20(16)23;;/h2-7,12,19H,8-11H2,1H3,(H,25,26);2*1H/t19-;;/m0../s1. The molecule has 0 unspecified atom stereocenters. The molecule has 1 saturated heterocycles. The van der Waals surface area contributed by atoms with Crippen molar-refractivity contribution < 1.29 is 20.5 Å². The van der Waals surface area contributed by atoms with E-state index in [4.69, 9.17) is 11.6 Å². The molecule has 11 heteroatoms. The second-order valence-corrected chi connectivity index (χ2v) is 10.9. The topological polar surface area (TPSA) is 82.6 Å². The van der Waals surface area contributed by atoms with Crippen LogP contribution in [0.4, 0.5) is 20.9 Å². The molecular formula is C22H24ClFN4O3S2. The van der Waals surface area contributed by atoms with Gasteiger partial charge < -0.3 is 9.80 Å². The normalized spacial score (nSPS) is 18.2. The summed E-state index contributed by atoms with van der Waals surface area (Å²) in [5.41, 5.74) is 2.90. The van der Waals surface area contributed by atoms with Gasteiger partial charge in [0.2, 0.25) is 5.91 Å². The van der Waals surface area contributed by atoms with Crippen molar-refractivity contribution in [1.29, 1.82) is 0 Å². The van der Waals surface area contributed by atoms with E-state index in [0.29, 0.717) is 36.8 Å². The average Bonchev–Trinajstić information content (AvgIpc) is 3.49. The van der Waals surface area contributed by atoms with Crippen LogP contribution in [-0.4, -0.2) is 38.4 Å². The Labute approximate surface area is 202 Å². The molecule has 0 aliphatic carbocycles. The quantitative estimate of drug-likeness (QED) is 0.537. The first-order valence-electron chi connectivity index (χ1n) is 10.3. The second kappa shape index (κ2) is 8.27. The van der Waals surface area contributed by atoms with Crippen LogP contribution in [0.15, 0.2) is 46.7 Å². The zero-order valence-corrected chi connectivity index (χ0v) is 20.0. The molecule has 0 saturated carbocycles. The van der Waals surface area contributed by atoms with Crippen molar-refractivity contribution >= 4 is 55.4 Å². The Bertz CT molecular complexity index is 1360. The zero-order chi connectivity index (χ0) is 23.3. The van der Waals surface area contributed by atoms with Gasteiger partial charge in [0.05, 0.1) is 15.6 Å². The fourth-order valence-electron chi connectivity index (χ4n) is 4.36. The molecule has 1 atom stereocenters. The number of carbonyl (C=O) groups excluding carboxylic acids is 1. The maximum Gasteiger partial charge on any atom is 0.263 e. The monoisotopic (exact) mass is 510 g/mol. The lowest BCUT2D eigenvalue weighted by molar-refractivity contribution is -0.118. The molecule has 1 aromatic heterocycles. The lowest BCUT2D eigenvalue weighted by Crippen LogP contribution is -2.41. The van der Waals surface area contributed by atoms with E-state index in [-0.39, 0.29) is 24.7 Å². The SMILES string of the molecule is Cc1csc(NS(=O)(=O)c2ccc(N3CC[C@H](N4CCc5c4ccc(F)c5Cl)C3=O)cc2)n1.[HH].[HH]. The van der Waals surface area contributed by atoms with E-state index in [1.54, 1.807) is 35.4 Å². The Kier molecular flexibility index (Phi) is 5.54. The molecule has 5 rings (SSSR count). The summed E-state index contributed by atoms with van der Waals surface area (Å²) in [4.78, 5) is 21.1. The van der Waals surface area contributed by atoms with Gasteiger partial charge in [-0.1, -0.05) is 11.6 Å². The first kappa shape index (κ1) is 22.1. The van der Waals surface area contributed by atoms with Crippen LogP contribution in [0.2, 0.25) is 5.02 Å². The number of aromatic nitrogens is 1. The molecule has 0 bridgehead atoms. The molecule has 2 aliphatic rings. The minimum atomic E-state index is -3.78. The van der Waals surface area contributed by atoms with Gasteiger partial charge in [-0.3, -0.25) is 9.52 Å². The summed E-state index contributed by atoms with van der Waals surface area (Å²) in [6, 6.07) is 8.86. The van der Waals surface area contributed by atoms with Gasteiger partial charge in [0.15, 0.2) is 5.13 Å². The number of fused-ring (bicyclic) bond motifs is 1. The summed E-state index contributed by atoms with van der Waals surface area (Å²) in [5, 5.41) is 2.19. The van der Waals surface area contributed by atoms with Crippen LogP contribution < -0.4 is 14.5 Å². The fourth-order valence-corrected chi connectivity index (χ4v) is 6.55. The van der Waals surface area contributed by atoms with Gasteiger partial charge in [-0.05, 0) is 61.7 Å². The van der Waals surface area contributed by atoms with Gasteiger partial charge in [-0.2, -0.15) is 0 Å². The number of anilines is 3. The average molecular weight is 511 g/mol. The van der Waals surface area contributed by atoms with Gasteiger partial charge in [0, 0.05) is 32.7 Å². The first-order chi connectivity index (χ1) is 15.7. The molecule has 1 amide bonds. The Balaban J connectivity index is 0.00000171. The summed E-state index contributed by atoms with van der Waals surface area (Å²) in [6.45, 7) is 2.89. The van der Waals surface area contributed by atoms with Crippen LogP contribution >= 0.6 is 22.9 Å². The van der Waals surface area contributed by atoms with Crippen molar-refractivity contribution in [2.45, 2.75) is 30.7 Å². The Morgan fingerprint density at radius 3 is 2.67 bits per heavy atom. The van der Waals surface area contributed by atoms with Gasteiger partial charge in [0.1, 0.15) is 11.9 Å². The number of carbonyl (C=O) groups is 1. The van der Waals surface area contributed by atoms with E-state index in [2.05, 4.69) is 9.71 Å². The number of benzene rings is 2. The minimum absolute atomic E-state index is 0. The van der Waals surface area contributed by atoms with E-state index in [0.717, 1.165) is 16.9 Å². The number of sulfonamides is 1. The largest absolute Gasteiger partial charge is 0.359 e. The Morgan fingerprint density at radius 1 is 1.21 bits per heavy atom. The molecule has 0 spiro atoms. The summed E-state index contributed by atoms with van der Waals surface area (Å²) in [5.74, 6) is -0.526. The number of hydrogen-bond acceptors (Lipinski definition) is 6. The summed E-state index contributed by atoms with van der Waals surface area (Å²) in [6.07, 6.45) is 1.20. The first-order valence-corrected chi connectivity index (χ1v) is 13.1. The maximum atomic E-state index is 13.8. The molecule has 1 N–H and O–H groups in total. The third kappa shape index (κ3) is 3.96. The number of rotatable bonds is 5. The molecule has 2 aromatic carbocycles. The molecule has 176 valence electrons. The predicted octanol–water partition coefficient (Wildman–Crippen LogP) is 4.70. The van der Waals surface area contributed by atoms with Crippen LogP contribution in [0.3, 0.4) is 0 Å². The van der Waals surface area contributed by atoms with Crippen molar-refractivity contribution in [3.63, 3.8) is 0 Å². The number of nitrogens with one attached hydrogen (secondary N) is 1. The number of nitrogens with zero attached hydrogens (tertiary/aromatic N) is 3. The van der Waals surface area contributed by atoms with Crippen LogP contribution in [-0.2, 0) is 21.2 Å². The van der Waals surface area contributed by atoms with Crippen molar-refractivity contribution in [3.05, 3.63) is 63.9 Å². The number of hydrogen-bond donors (Lipinski definition) is 1. The highest BCUT2D eigenvalue weighted by molar-refractivity contribution is 7.93. The number of amides is 1. The summed E-state index contributed by atoms with van der Waals surface area (Å²) in [7, 11) is -3.78. The van der Waals surface area contributed by atoms with Gasteiger partial charge in [-0.25, -0.2) is 17.8 Å².